The molecule has 0 spiro atoms. The van der Waals surface area contributed by atoms with Crippen molar-refractivity contribution in [2.45, 2.75) is 24.9 Å². The molecule has 3 rings (SSSR count). The number of thiazole rings is 1. The summed E-state index contributed by atoms with van der Waals surface area (Å²) >= 11 is 1.75. The largest absolute Gasteiger partial charge is 0.387 e. The van der Waals surface area contributed by atoms with Crippen LogP contribution in [0.15, 0.2) is 18.2 Å². The molecule has 1 fully saturated rings. The van der Waals surface area contributed by atoms with Gasteiger partial charge in [0, 0.05) is 18.0 Å². The van der Waals surface area contributed by atoms with Crippen molar-refractivity contribution >= 4 is 21.6 Å². The van der Waals surface area contributed by atoms with Gasteiger partial charge in [0.15, 0.2) is 0 Å². The molecule has 0 amide bonds. The highest BCUT2D eigenvalue weighted by Crippen LogP contribution is 2.43. The van der Waals surface area contributed by atoms with Gasteiger partial charge in [0.1, 0.15) is 0 Å². The summed E-state index contributed by atoms with van der Waals surface area (Å²) in [5.41, 5.74) is 7.30. The van der Waals surface area contributed by atoms with Gasteiger partial charge in [-0.15, -0.1) is 11.3 Å². The van der Waals surface area contributed by atoms with Gasteiger partial charge in [-0.25, -0.2) is 4.98 Å². The van der Waals surface area contributed by atoms with E-state index >= 15 is 0 Å². The molecule has 1 aromatic carbocycles. The molecule has 16 heavy (non-hydrogen) atoms. The molecule has 0 radical (unpaired) electrons. The third kappa shape index (κ3) is 1.63. The summed E-state index contributed by atoms with van der Waals surface area (Å²) in [6, 6.07) is 5.94. The van der Waals surface area contributed by atoms with Gasteiger partial charge in [0.25, 0.3) is 0 Å². The zero-order valence-electron chi connectivity index (χ0n) is 8.89. The fourth-order valence-electron chi connectivity index (χ4n) is 1.89. The monoisotopic (exact) mass is 234 g/mol. The smallest absolute Gasteiger partial charge is 0.0969 e. The quantitative estimate of drug-likeness (QED) is 0.855. The SMILES string of the molecule is NCC(O)c1cccc2sc(C3CC3)nc12. The predicted octanol–water partition coefficient (Wildman–Crippen LogP) is 2.17. The second-order valence-corrected chi connectivity index (χ2v) is 5.33. The topological polar surface area (TPSA) is 59.1 Å². The Hall–Kier alpha value is -0.970. The van der Waals surface area contributed by atoms with E-state index < -0.39 is 6.10 Å². The van der Waals surface area contributed by atoms with Crippen molar-refractivity contribution < 1.29 is 5.11 Å². The zero-order chi connectivity index (χ0) is 11.1. The summed E-state index contributed by atoms with van der Waals surface area (Å²) in [5, 5.41) is 11.0. The molecule has 3 N–H and O–H groups in total. The fourth-order valence-corrected chi connectivity index (χ4v) is 3.06. The van der Waals surface area contributed by atoms with Crippen LogP contribution >= 0.6 is 11.3 Å². The summed E-state index contributed by atoms with van der Waals surface area (Å²) in [6.07, 6.45) is 1.92. The van der Waals surface area contributed by atoms with Crippen LogP contribution in [0.25, 0.3) is 10.2 Å². The Morgan fingerprint density at radius 1 is 1.50 bits per heavy atom. The molecule has 1 aromatic heterocycles. The fraction of sp³-hybridized carbons (Fsp3) is 0.417. The van der Waals surface area contributed by atoms with Gasteiger partial charge in [-0.05, 0) is 18.9 Å². The number of aliphatic hydroxyl groups is 1. The lowest BCUT2D eigenvalue weighted by atomic mass is 10.1. The second-order valence-electron chi connectivity index (χ2n) is 4.27. The Morgan fingerprint density at radius 2 is 2.31 bits per heavy atom. The molecule has 1 unspecified atom stereocenters. The number of para-hydroxylation sites is 1. The second kappa shape index (κ2) is 3.80. The van der Waals surface area contributed by atoms with Crippen molar-refractivity contribution in [1.82, 2.24) is 4.98 Å². The third-order valence-corrected chi connectivity index (χ3v) is 4.16. The Balaban J connectivity index is 2.13. The molecule has 1 heterocycles. The summed E-state index contributed by atoms with van der Waals surface area (Å²) in [5.74, 6) is 0.667. The van der Waals surface area contributed by atoms with E-state index in [1.54, 1.807) is 11.3 Å². The van der Waals surface area contributed by atoms with Gasteiger partial charge in [0.05, 0.1) is 21.3 Å². The molecule has 1 saturated carbocycles. The highest BCUT2D eigenvalue weighted by atomic mass is 32.1. The van der Waals surface area contributed by atoms with E-state index in [0.29, 0.717) is 5.92 Å². The van der Waals surface area contributed by atoms with E-state index in [9.17, 15) is 5.11 Å². The van der Waals surface area contributed by atoms with Crippen LogP contribution in [-0.2, 0) is 0 Å². The highest BCUT2D eigenvalue weighted by molar-refractivity contribution is 7.18. The lowest BCUT2D eigenvalue weighted by Crippen LogP contribution is -2.11. The summed E-state index contributed by atoms with van der Waals surface area (Å²) in [6.45, 7) is 0.245. The number of hydrogen-bond acceptors (Lipinski definition) is 4. The van der Waals surface area contributed by atoms with Crippen LogP contribution in [0.5, 0.6) is 0 Å². The lowest BCUT2D eigenvalue weighted by Gasteiger charge is -2.07. The van der Waals surface area contributed by atoms with Gasteiger partial charge >= 0.3 is 0 Å². The van der Waals surface area contributed by atoms with Crippen molar-refractivity contribution in [3.63, 3.8) is 0 Å². The number of aliphatic hydroxyl groups excluding tert-OH is 1. The van der Waals surface area contributed by atoms with Crippen LogP contribution in [0.3, 0.4) is 0 Å². The van der Waals surface area contributed by atoms with E-state index in [4.69, 9.17) is 5.73 Å². The van der Waals surface area contributed by atoms with Gasteiger partial charge in [0.2, 0.25) is 0 Å². The minimum Gasteiger partial charge on any atom is -0.387 e. The van der Waals surface area contributed by atoms with E-state index in [1.807, 2.05) is 12.1 Å². The molecule has 0 saturated heterocycles. The first-order valence-corrected chi connectivity index (χ1v) is 6.38. The summed E-state index contributed by atoms with van der Waals surface area (Å²) in [4.78, 5) is 4.65. The van der Waals surface area contributed by atoms with Crippen molar-refractivity contribution in [1.29, 1.82) is 0 Å². The third-order valence-electron chi connectivity index (χ3n) is 2.98. The minimum atomic E-state index is -0.599. The van der Waals surface area contributed by atoms with Crippen LogP contribution in [-0.4, -0.2) is 16.6 Å². The number of benzene rings is 1. The van der Waals surface area contributed by atoms with E-state index in [-0.39, 0.29) is 6.54 Å². The van der Waals surface area contributed by atoms with E-state index in [0.717, 1.165) is 15.8 Å². The minimum absolute atomic E-state index is 0.245. The summed E-state index contributed by atoms with van der Waals surface area (Å²) < 4.78 is 1.16. The first-order chi connectivity index (χ1) is 7.79. The number of hydrogen-bond donors (Lipinski definition) is 2. The number of nitrogens with zero attached hydrogens (tertiary/aromatic N) is 1. The maximum atomic E-state index is 9.83. The maximum absolute atomic E-state index is 9.83. The van der Waals surface area contributed by atoms with Gasteiger partial charge in [-0.1, -0.05) is 12.1 Å². The molecule has 1 atom stereocenters. The van der Waals surface area contributed by atoms with Gasteiger partial charge in [-0.2, -0.15) is 0 Å². The van der Waals surface area contributed by atoms with Crippen LogP contribution in [0.4, 0.5) is 0 Å². The molecule has 0 aliphatic heterocycles. The molecule has 4 heteroatoms. The highest BCUT2D eigenvalue weighted by Gasteiger charge is 2.27. The average molecular weight is 234 g/mol. The normalized spacial score (nSPS) is 17.9. The molecule has 84 valence electrons. The molecule has 2 aromatic rings. The maximum Gasteiger partial charge on any atom is 0.0969 e. The number of nitrogens with two attached hydrogens (primary N) is 1. The van der Waals surface area contributed by atoms with Crippen molar-refractivity contribution in [3.05, 3.63) is 28.8 Å². The standard InChI is InChI=1S/C12H14N2OS/c13-6-9(15)8-2-1-3-10-11(8)14-12(16-10)7-4-5-7/h1-3,7,9,15H,4-6,13H2. The molecular formula is C12H14N2OS. The van der Waals surface area contributed by atoms with Crippen LogP contribution in [0, 0.1) is 0 Å². The van der Waals surface area contributed by atoms with Crippen molar-refractivity contribution in [2.75, 3.05) is 6.54 Å². The molecule has 3 nitrogen and oxygen atoms in total. The van der Waals surface area contributed by atoms with Crippen molar-refractivity contribution in [2.24, 2.45) is 5.73 Å². The molecule has 0 bridgehead atoms. The van der Waals surface area contributed by atoms with Crippen molar-refractivity contribution in [3.8, 4) is 0 Å². The first kappa shape index (κ1) is 10.2. The van der Waals surface area contributed by atoms with Crippen LogP contribution < -0.4 is 5.73 Å². The first-order valence-electron chi connectivity index (χ1n) is 5.57. The average Bonchev–Trinajstić information content (AvgIpc) is 3.07. The van der Waals surface area contributed by atoms with Crippen LogP contribution in [0.2, 0.25) is 0 Å². The molecule has 1 aliphatic carbocycles. The Kier molecular flexibility index (Phi) is 2.42. The van der Waals surface area contributed by atoms with Crippen LogP contribution in [0.1, 0.15) is 35.4 Å². The zero-order valence-corrected chi connectivity index (χ0v) is 9.70. The van der Waals surface area contributed by atoms with Gasteiger partial charge < -0.3 is 10.8 Å². The molecule has 1 aliphatic rings. The van der Waals surface area contributed by atoms with Gasteiger partial charge in [-0.3, -0.25) is 0 Å². The molecular weight excluding hydrogens is 220 g/mol. The van der Waals surface area contributed by atoms with E-state index in [2.05, 4.69) is 11.1 Å². The Bertz CT molecular complexity index is 519. The Morgan fingerprint density at radius 3 is 3.00 bits per heavy atom. The Labute approximate surface area is 97.9 Å². The lowest BCUT2D eigenvalue weighted by molar-refractivity contribution is 0.188. The number of aromatic nitrogens is 1. The predicted molar refractivity (Wildman–Crippen MR) is 65.6 cm³/mol. The summed E-state index contributed by atoms with van der Waals surface area (Å²) in [7, 11) is 0. The van der Waals surface area contributed by atoms with E-state index in [1.165, 1.54) is 17.8 Å². The number of fused-ring (bicyclic) bond motifs is 1. The number of rotatable bonds is 3.